The Balaban J connectivity index is 0.000000298. The van der Waals surface area contributed by atoms with Crippen LogP contribution in [0.1, 0.15) is 11.4 Å². The van der Waals surface area contributed by atoms with Crippen molar-refractivity contribution >= 4 is 17.4 Å². The van der Waals surface area contributed by atoms with Crippen molar-refractivity contribution in [3.8, 4) is 90.6 Å². The molecule has 0 amide bonds. The van der Waals surface area contributed by atoms with Crippen molar-refractivity contribution < 1.29 is 66.0 Å². The Morgan fingerprint density at radius 1 is 0.305 bits per heavy atom. The van der Waals surface area contributed by atoms with E-state index in [2.05, 4.69) is 98.5 Å². The zero-order valence-corrected chi connectivity index (χ0v) is 55.7. The van der Waals surface area contributed by atoms with Crippen LogP contribution in [0.4, 0.5) is 0 Å². The molecular weight excluding hydrogens is 1370 g/mol. The van der Waals surface area contributed by atoms with Gasteiger partial charge in [-0.1, -0.05) is 123 Å². The van der Waals surface area contributed by atoms with Crippen LogP contribution < -0.4 is 0 Å². The average molecular weight is 1430 g/mol. The molecule has 10 aromatic heterocycles. The summed E-state index contributed by atoms with van der Waals surface area (Å²) >= 11 is 3.70. The second-order valence-corrected chi connectivity index (χ2v) is 18.7. The molecule has 0 radical (unpaired) electrons. The molecule has 10 heterocycles. The summed E-state index contributed by atoms with van der Waals surface area (Å²) < 4.78 is 0. The number of hydrogen-bond acceptors (Lipinski definition) is 12. The predicted octanol–water partition coefficient (Wildman–Crippen LogP) is 17.6. The summed E-state index contributed by atoms with van der Waals surface area (Å²) in [5, 5.41) is 14.7. The third-order valence-electron chi connectivity index (χ3n) is 12.1. The maximum atomic E-state index is 7.13. The monoisotopic (exact) mass is 1420 g/mol. The van der Waals surface area contributed by atoms with E-state index in [1.54, 1.807) is 49.3 Å². The van der Waals surface area contributed by atoms with Gasteiger partial charge in [0.25, 0.3) is 0 Å². The Morgan fingerprint density at radius 2 is 0.547 bits per heavy atom. The second-order valence-electron chi connectivity index (χ2n) is 18.5. The van der Waals surface area contributed by atoms with Crippen LogP contribution in [0.2, 0.25) is 0 Å². The van der Waals surface area contributed by atoms with Crippen LogP contribution in [0, 0.1) is 62.1 Å². The number of nitrogens with zero attached hydrogens (tertiary/aromatic N) is 12. The number of isothiocyanates is 1. The summed E-state index contributed by atoms with van der Waals surface area (Å²) in [5.41, 5.74) is 16.8. The van der Waals surface area contributed by atoms with E-state index < -0.39 is 0 Å². The van der Waals surface area contributed by atoms with Gasteiger partial charge in [-0.05, 0) is 95.6 Å². The van der Waals surface area contributed by atoms with Crippen LogP contribution in [0.15, 0.2) is 304 Å². The summed E-state index contributed by atoms with van der Waals surface area (Å²) in [6.07, 6.45) is 10.5. The molecule has 474 valence electrons. The van der Waals surface area contributed by atoms with Gasteiger partial charge in [0.15, 0.2) is 0 Å². The molecule has 95 heavy (non-hydrogen) atoms. The van der Waals surface area contributed by atoms with E-state index in [4.69, 9.17) is 17.2 Å². The SMILES string of the molecule is Cc1c[c-]cc(C)n1.[C-]#N.[N-]=C=S.[Ni+2].[Ni+2].[Ni+2].[Ni+2].[c-]1ccccc1-c1cccc(-c2ccccn2)n1.[c-]1ccccc1-c1cccc(-c2ccccn2)n1.[c-]1ccccc1-c1cccc(-c2ccccn2)n1.[c-]1ccccc1-c1cccc(-c2ccccn2)n1.[c-]1ccncc1. The zero-order chi connectivity index (χ0) is 63.8. The fourth-order valence-electron chi connectivity index (χ4n) is 8.08. The van der Waals surface area contributed by atoms with Crippen LogP contribution >= 0.6 is 12.2 Å². The van der Waals surface area contributed by atoms with Crippen molar-refractivity contribution in [3.63, 3.8) is 0 Å². The Kier molecular flexibility index (Phi) is 38.7. The van der Waals surface area contributed by atoms with Gasteiger partial charge in [0, 0.05) is 24.8 Å². The van der Waals surface area contributed by atoms with Crippen LogP contribution in [0.25, 0.3) is 96.0 Å². The van der Waals surface area contributed by atoms with Crippen molar-refractivity contribution in [2.24, 2.45) is 0 Å². The van der Waals surface area contributed by atoms with Gasteiger partial charge >= 0.3 is 66.0 Å². The molecule has 0 spiro atoms. The molecule has 0 saturated heterocycles. The first-order valence-corrected chi connectivity index (χ1v) is 28.6. The van der Waals surface area contributed by atoms with E-state index in [0.29, 0.717) is 0 Å². The minimum absolute atomic E-state index is 0. The van der Waals surface area contributed by atoms with E-state index in [0.717, 1.165) is 102 Å². The Hall–Kier alpha value is -10.4. The van der Waals surface area contributed by atoms with Crippen LogP contribution in [0.3, 0.4) is 0 Å². The fourth-order valence-corrected chi connectivity index (χ4v) is 8.08. The molecule has 0 atom stereocenters. The van der Waals surface area contributed by atoms with Gasteiger partial charge in [0.05, 0.1) is 45.6 Å². The number of thiocarbonyl (C=S) groups is 1. The van der Waals surface area contributed by atoms with Crippen LogP contribution in [0.5, 0.6) is 0 Å². The fraction of sp³-hybridized carbons (Fsp3) is 0.0256. The molecule has 14 aromatic rings. The smallest absolute Gasteiger partial charge is 0.753 e. The van der Waals surface area contributed by atoms with Gasteiger partial charge in [-0.15, -0.1) is 144 Å². The van der Waals surface area contributed by atoms with E-state index in [1.807, 2.05) is 269 Å². The van der Waals surface area contributed by atoms with E-state index in [1.165, 1.54) is 5.16 Å². The van der Waals surface area contributed by atoms with Crippen LogP contribution in [-0.4, -0.2) is 55.0 Å². The quantitative estimate of drug-likeness (QED) is 0.0610. The molecule has 0 fully saturated rings. The maximum Gasteiger partial charge on any atom is 2.00 e. The first-order valence-electron chi connectivity index (χ1n) is 28.2. The van der Waals surface area contributed by atoms with Crippen molar-refractivity contribution in [2.45, 2.75) is 13.8 Å². The normalized spacial score (nSPS) is 9.14. The predicted molar refractivity (Wildman–Crippen MR) is 364 cm³/mol. The molecule has 4 aromatic carbocycles. The van der Waals surface area contributed by atoms with Crippen molar-refractivity contribution in [1.82, 2.24) is 49.8 Å². The molecule has 0 aliphatic carbocycles. The van der Waals surface area contributed by atoms with Crippen LogP contribution in [-0.2, 0) is 66.0 Å². The number of aryl methyl sites for hydroxylation is 2. The summed E-state index contributed by atoms with van der Waals surface area (Å²) in [7, 11) is 0. The molecule has 0 aliphatic heterocycles. The first-order chi connectivity index (χ1) is 44.9. The summed E-state index contributed by atoms with van der Waals surface area (Å²) in [6.45, 7) is 8.67. The number of pyridine rings is 10. The number of aromatic nitrogens is 10. The molecule has 12 nitrogen and oxygen atoms in total. The van der Waals surface area contributed by atoms with Crippen molar-refractivity contribution in [1.29, 1.82) is 5.26 Å². The minimum Gasteiger partial charge on any atom is -0.753 e. The molecule has 0 unspecified atom stereocenters. The van der Waals surface area contributed by atoms with Gasteiger partial charge in [-0.2, -0.15) is 41.6 Å². The minimum atomic E-state index is 0. The largest absolute Gasteiger partial charge is 2.00 e. The van der Waals surface area contributed by atoms with Crippen molar-refractivity contribution in [2.75, 3.05) is 0 Å². The molecule has 14 rings (SSSR count). The molecular formula is C78H56N12Ni4S. The number of rotatable bonds is 8. The third kappa shape index (κ3) is 27.8. The second kappa shape index (κ2) is 46.7. The topological polar surface area (TPSA) is 175 Å². The molecule has 0 bridgehead atoms. The molecule has 0 saturated carbocycles. The van der Waals surface area contributed by atoms with Gasteiger partial charge in [-0.25, -0.2) is 0 Å². The number of hydrogen-bond donors (Lipinski definition) is 0. The zero-order valence-electron chi connectivity index (χ0n) is 50.9. The summed E-state index contributed by atoms with van der Waals surface area (Å²) in [5.74, 6) is 0. The van der Waals surface area contributed by atoms with E-state index in [-0.39, 0.29) is 66.0 Å². The molecule has 0 aliphatic rings. The van der Waals surface area contributed by atoms with E-state index in [9.17, 15) is 0 Å². The summed E-state index contributed by atoms with van der Waals surface area (Å²) in [6, 6.07) is 104. The molecule has 17 heteroatoms. The third-order valence-corrected chi connectivity index (χ3v) is 12.1. The first kappa shape index (κ1) is 78.9. The maximum absolute atomic E-state index is 7.13. The van der Waals surface area contributed by atoms with E-state index >= 15 is 0 Å². The Bertz CT molecular complexity index is 3610. The van der Waals surface area contributed by atoms with Gasteiger partial charge in [0.1, 0.15) is 0 Å². The van der Waals surface area contributed by atoms with Gasteiger partial charge < -0.3 is 27.2 Å². The van der Waals surface area contributed by atoms with Crippen molar-refractivity contribution in [3.05, 3.63) is 364 Å². The van der Waals surface area contributed by atoms with Gasteiger partial charge in [-0.3, -0.25) is 39.9 Å². The Labute approximate surface area is 601 Å². The number of benzene rings is 4. The Morgan fingerprint density at radius 3 is 0.726 bits per heavy atom. The standard InChI is InChI=1S/4C16H11N2.C7H8N.C5H4N.CNS.CN.4Ni/c4*1-2-7-13(8-3-1)14-10-6-11-16(18-14)15-9-4-5-12-17-15;1-6-4-3-5-7(2)8-6;1-2-4-6-5-3-1;2-1-3;1-2;;;;/h4*1-7,9-12H;4-5H,1-2H3;2-5H;;;;;;/q8*-1;4*+2. The summed E-state index contributed by atoms with van der Waals surface area (Å²) in [4.78, 5) is 43.6. The average Bonchev–Trinajstić information content (AvgIpc) is 1.07. The van der Waals surface area contributed by atoms with Gasteiger partial charge in [0.2, 0.25) is 0 Å². The molecule has 0 N–H and O–H groups in total.